The highest BCUT2D eigenvalue weighted by Gasteiger charge is 2.30. The van der Waals surface area contributed by atoms with Crippen LogP contribution < -0.4 is 10.6 Å². The Morgan fingerprint density at radius 1 is 1.04 bits per heavy atom. The van der Waals surface area contributed by atoms with Crippen LogP contribution in [0.2, 0.25) is 0 Å². The smallest absolute Gasteiger partial charge is 0.224 e. The van der Waals surface area contributed by atoms with Crippen molar-refractivity contribution >= 4 is 11.8 Å². The summed E-state index contributed by atoms with van der Waals surface area (Å²) in [6.45, 7) is 2.29. The van der Waals surface area contributed by atoms with Crippen molar-refractivity contribution in [1.29, 1.82) is 0 Å². The van der Waals surface area contributed by atoms with Gasteiger partial charge in [0.15, 0.2) is 0 Å². The van der Waals surface area contributed by atoms with Gasteiger partial charge in [-0.05, 0) is 55.2 Å². The molecule has 2 aromatic rings. The number of hydrogen-bond donors (Lipinski definition) is 2. The Kier molecular flexibility index (Phi) is 7.18. The van der Waals surface area contributed by atoms with Crippen molar-refractivity contribution in [2.45, 2.75) is 45.1 Å². The molecule has 1 aliphatic carbocycles. The van der Waals surface area contributed by atoms with Gasteiger partial charge in [-0.15, -0.1) is 0 Å². The predicted molar refractivity (Wildman–Crippen MR) is 109 cm³/mol. The molecular weight excluding hydrogens is 350 g/mol. The van der Waals surface area contributed by atoms with Crippen LogP contribution in [0.15, 0.2) is 54.7 Å². The van der Waals surface area contributed by atoms with Crippen molar-refractivity contribution in [3.05, 3.63) is 66.0 Å². The highest BCUT2D eigenvalue weighted by atomic mass is 16.2. The number of carbonyl (C=O) groups is 2. The maximum absolute atomic E-state index is 12.2. The maximum atomic E-state index is 12.2. The molecule has 0 aliphatic heterocycles. The van der Waals surface area contributed by atoms with E-state index in [2.05, 4.69) is 15.6 Å². The Labute approximate surface area is 167 Å². The largest absolute Gasteiger partial charge is 0.356 e. The van der Waals surface area contributed by atoms with Crippen LogP contribution in [-0.4, -0.2) is 23.3 Å². The van der Waals surface area contributed by atoms with Gasteiger partial charge in [0.1, 0.15) is 0 Å². The standard InChI is InChI=1S/C23H29N3O2/c1-17(27)26-23(21-9-5-6-14-24-21)20-12-10-19(11-13-20)16-25-22(28)15-18-7-3-2-4-8-18/h2-9,14,19-20,23H,10-13,15-16H2,1H3,(H,25,28)(H,26,27)/t19?,20?,23-/m0/s1. The third-order valence-corrected chi connectivity index (χ3v) is 5.52. The zero-order chi connectivity index (χ0) is 19.8. The minimum Gasteiger partial charge on any atom is -0.356 e. The summed E-state index contributed by atoms with van der Waals surface area (Å²) in [5.41, 5.74) is 1.97. The second-order valence-corrected chi connectivity index (χ2v) is 7.68. The normalized spacial score (nSPS) is 20.2. The topological polar surface area (TPSA) is 71.1 Å². The van der Waals surface area contributed by atoms with E-state index in [0.717, 1.165) is 43.5 Å². The summed E-state index contributed by atoms with van der Waals surface area (Å²) in [6, 6.07) is 15.6. The van der Waals surface area contributed by atoms with Crippen LogP contribution in [-0.2, 0) is 16.0 Å². The molecule has 5 nitrogen and oxygen atoms in total. The summed E-state index contributed by atoms with van der Waals surface area (Å²) in [5.74, 6) is 0.941. The van der Waals surface area contributed by atoms with E-state index in [9.17, 15) is 9.59 Å². The number of nitrogens with one attached hydrogen (secondary N) is 2. The van der Waals surface area contributed by atoms with Gasteiger partial charge >= 0.3 is 0 Å². The van der Waals surface area contributed by atoms with Gasteiger partial charge in [-0.1, -0.05) is 36.4 Å². The fourth-order valence-corrected chi connectivity index (χ4v) is 4.04. The van der Waals surface area contributed by atoms with Crippen molar-refractivity contribution in [3.63, 3.8) is 0 Å². The van der Waals surface area contributed by atoms with Crippen molar-refractivity contribution < 1.29 is 9.59 Å². The molecule has 1 aromatic carbocycles. The highest BCUT2D eigenvalue weighted by Crippen LogP contribution is 2.36. The fourth-order valence-electron chi connectivity index (χ4n) is 4.04. The summed E-state index contributed by atoms with van der Waals surface area (Å²) in [6.07, 6.45) is 6.37. The lowest BCUT2D eigenvalue weighted by atomic mass is 9.77. The quantitative estimate of drug-likeness (QED) is 0.774. The molecule has 1 heterocycles. The van der Waals surface area contributed by atoms with Gasteiger partial charge in [-0.3, -0.25) is 14.6 Å². The minimum atomic E-state index is -0.0349. The fraction of sp³-hybridized carbons (Fsp3) is 0.435. The molecule has 148 valence electrons. The first-order valence-electron chi connectivity index (χ1n) is 10.1. The molecule has 2 N–H and O–H groups in total. The van der Waals surface area contributed by atoms with Gasteiger partial charge in [0.05, 0.1) is 18.2 Å². The second kappa shape index (κ2) is 10.0. The third-order valence-electron chi connectivity index (χ3n) is 5.52. The molecule has 1 saturated carbocycles. The minimum absolute atomic E-state index is 0.0223. The van der Waals surface area contributed by atoms with E-state index in [1.807, 2.05) is 48.5 Å². The van der Waals surface area contributed by atoms with Crippen LogP contribution in [0.25, 0.3) is 0 Å². The number of aromatic nitrogens is 1. The molecule has 1 aliphatic rings. The van der Waals surface area contributed by atoms with Gasteiger partial charge in [-0.25, -0.2) is 0 Å². The van der Waals surface area contributed by atoms with E-state index in [-0.39, 0.29) is 17.9 Å². The maximum Gasteiger partial charge on any atom is 0.224 e. The Morgan fingerprint density at radius 2 is 1.75 bits per heavy atom. The van der Waals surface area contributed by atoms with Crippen LogP contribution >= 0.6 is 0 Å². The van der Waals surface area contributed by atoms with Gasteiger partial charge in [0, 0.05) is 19.7 Å². The Hall–Kier alpha value is -2.69. The predicted octanol–water partition coefficient (Wildman–Crippen LogP) is 3.42. The van der Waals surface area contributed by atoms with Crippen LogP contribution in [0.1, 0.15) is 49.9 Å². The lowest BCUT2D eigenvalue weighted by Gasteiger charge is -2.34. The number of pyridine rings is 1. The van der Waals surface area contributed by atoms with E-state index in [4.69, 9.17) is 0 Å². The van der Waals surface area contributed by atoms with Crippen LogP contribution in [0, 0.1) is 11.8 Å². The molecule has 0 bridgehead atoms. The van der Waals surface area contributed by atoms with E-state index < -0.39 is 0 Å². The summed E-state index contributed by atoms with van der Waals surface area (Å²) >= 11 is 0. The SMILES string of the molecule is CC(=O)N[C@H](c1ccccn1)C1CCC(CNC(=O)Cc2ccccc2)CC1. The molecule has 28 heavy (non-hydrogen) atoms. The molecule has 1 atom stereocenters. The van der Waals surface area contributed by atoms with E-state index >= 15 is 0 Å². The van der Waals surface area contributed by atoms with Gasteiger partial charge in [0.25, 0.3) is 0 Å². The zero-order valence-corrected chi connectivity index (χ0v) is 16.4. The lowest BCUT2D eigenvalue weighted by Crippen LogP contribution is -2.36. The molecule has 3 rings (SSSR count). The summed E-state index contributed by atoms with van der Waals surface area (Å²) in [7, 11) is 0. The highest BCUT2D eigenvalue weighted by molar-refractivity contribution is 5.78. The summed E-state index contributed by atoms with van der Waals surface area (Å²) in [4.78, 5) is 28.3. The molecule has 1 aromatic heterocycles. The first kappa shape index (κ1) is 20.1. The molecule has 0 radical (unpaired) electrons. The molecule has 2 amide bonds. The zero-order valence-electron chi connectivity index (χ0n) is 16.4. The molecule has 5 heteroatoms. The number of rotatable bonds is 7. The van der Waals surface area contributed by atoms with E-state index in [0.29, 0.717) is 18.3 Å². The number of carbonyl (C=O) groups excluding carboxylic acids is 2. The Balaban J connectivity index is 1.47. The molecule has 1 fully saturated rings. The number of nitrogens with zero attached hydrogens (tertiary/aromatic N) is 1. The molecule has 0 saturated heterocycles. The van der Waals surface area contributed by atoms with Crippen molar-refractivity contribution in [1.82, 2.24) is 15.6 Å². The molecule has 0 spiro atoms. The first-order chi connectivity index (χ1) is 13.6. The van der Waals surface area contributed by atoms with Crippen molar-refractivity contribution in [2.75, 3.05) is 6.54 Å². The van der Waals surface area contributed by atoms with E-state index in [1.54, 1.807) is 13.1 Å². The third kappa shape index (κ3) is 5.91. The second-order valence-electron chi connectivity index (χ2n) is 7.68. The first-order valence-corrected chi connectivity index (χ1v) is 10.1. The van der Waals surface area contributed by atoms with Crippen LogP contribution in [0.3, 0.4) is 0 Å². The average Bonchev–Trinajstić information content (AvgIpc) is 2.72. The van der Waals surface area contributed by atoms with E-state index in [1.165, 1.54) is 0 Å². The number of benzene rings is 1. The average molecular weight is 380 g/mol. The number of amides is 2. The lowest BCUT2D eigenvalue weighted by molar-refractivity contribution is -0.121. The Bertz CT molecular complexity index is 756. The van der Waals surface area contributed by atoms with Gasteiger partial charge in [0.2, 0.25) is 11.8 Å². The van der Waals surface area contributed by atoms with Crippen LogP contribution in [0.4, 0.5) is 0 Å². The molecular formula is C23H29N3O2. The van der Waals surface area contributed by atoms with Crippen molar-refractivity contribution in [3.8, 4) is 0 Å². The Morgan fingerprint density at radius 3 is 2.39 bits per heavy atom. The van der Waals surface area contributed by atoms with Crippen LogP contribution in [0.5, 0.6) is 0 Å². The number of hydrogen-bond acceptors (Lipinski definition) is 3. The monoisotopic (exact) mass is 379 g/mol. The van der Waals surface area contributed by atoms with Gasteiger partial charge < -0.3 is 10.6 Å². The summed E-state index contributed by atoms with van der Waals surface area (Å²) in [5, 5.41) is 6.17. The molecule has 0 unspecified atom stereocenters. The van der Waals surface area contributed by atoms with Crippen molar-refractivity contribution in [2.24, 2.45) is 11.8 Å². The van der Waals surface area contributed by atoms with Gasteiger partial charge in [-0.2, -0.15) is 0 Å². The summed E-state index contributed by atoms with van der Waals surface area (Å²) < 4.78 is 0.